The van der Waals surface area contributed by atoms with E-state index in [1.807, 2.05) is 77.7 Å². The van der Waals surface area contributed by atoms with Gasteiger partial charge in [-0.3, -0.25) is 4.79 Å². The highest BCUT2D eigenvalue weighted by Gasteiger charge is 2.26. The molecule has 1 N–H and O–H groups in total. The quantitative estimate of drug-likeness (QED) is 0.388. The van der Waals surface area contributed by atoms with Crippen molar-refractivity contribution in [1.82, 2.24) is 14.7 Å². The van der Waals surface area contributed by atoms with Crippen molar-refractivity contribution in [1.29, 1.82) is 0 Å². The number of piperazine rings is 1. The smallest absolute Gasteiger partial charge is 0.272 e. The van der Waals surface area contributed by atoms with Gasteiger partial charge < -0.3 is 24.6 Å². The molecule has 1 aliphatic heterocycles. The Morgan fingerprint density at radius 2 is 1.43 bits per heavy atom. The number of para-hydroxylation sites is 1. The van der Waals surface area contributed by atoms with Crippen LogP contribution in [0.4, 0.5) is 11.5 Å². The molecule has 190 valence electrons. The molecule has 8 heteroatoms. The second-order valence-corrected chi connectivity index (χ2v) is 8.85. The van der Waals surface area contributed by atoms with Gasteiger partial charge in [-0.25, -0.2) is 4.68 Å². The molecule has 0 saturated carbocycles. The SMILES string of the molecule is COc1cc(OC)cc(N2CCN(C(=O)c3cc(NCc4ccccc4)nn3-c3ccccc3)CC2)c1. The van der Waals surface area contributed by atoms with Crippen molar-refractivity contribution in [3.63, 3.8) is 0 Å². The van der Waals surface area contributed by atoms with Gasteiger partial charge in [0.15, 0.2) is 0 Å². The maximum Gasteiger partial charge on any atom is 0.272 e. The molecule has 4 aromatic rings. The third-order valence-electron chi connectivity index (χ3n) is 6.51. The van der Waals surface area contributed by atoms with Gasteiger partial charge in [0, 0.05) is 62.7 Å². The first kappa shape index (κ1) is 24.2. The van der Waals surface area contributed by atoms with Crippen LogP contribution >= 0.6 is 0 Å². The van der Waals surface area contributed by atoms with Gasteiger partial charge in [-0.2, -0.15) is 0 Å². The standard InChI is InChI=1S/C29H31N5O3/c1-36-25-17-24(18-26(19-25)37-2)32-13-15-33(16-14-32)29(35)27-20-28(30-21-22-9-5-3-6-10-22)31-34(27)23-11-7-4-8-12-23/h3-12,17-20H,13-16,21H2,1-2H3,(H,30,31). The van der Waals surface area contributed by atoms with E-state index >= 15 is 0 Å². The van der Waals surface area contributed by atoms with Crippen molar-refractivity contribution in [2.24, 2.45) is 0 Å². The molecule has 0 unspecified atom stereocenters. The zero-order valence-corrected chi connectivity index (χ0v) is 21.1. The van der Waals surface area contributed by atoms with Crippen LogP contribution < -0.4 is 19.7 Å². The van der Waals surface area contributed by atoms with Crippen molar-refractivity contribution in [3.8, 4) is 17.2 Å². The van der Waals surface area contributed by atoms with Gasteiger partial charge in [-0.1, -0.05) is 48.5 Å². The van der Waals surface area contributed by atoms with E-state index in [2.05, 4.69) is 22.3 Å². The van der Waals surface area contributed by atoms with Crippen LogP contribution in [0.1, 0.15) is 16.1 Å². The maximum absolute atomic E-state index is 13.7. The minimum absolute atomic E-state index is 0.0352. The summed E-state index contributed by atoms with van der Waals surface area (Å²) < 4.78 is 12.6. The van der Waals surface area contributed by atoms with Crippen LogP contribution in [0.25, 0.3) is 5.69 Å². The number of carbonyl (C=O) groups excluding carboxylic acids is 1. The number of hydrogen-bond donors (Lipinski definition) is 1. The molecule has 1 amide bonds. The molecule has 2 heterocycles. The fourth-order valence-electron chi connectivity index (χ4n) is 4.48. The van der Waals surface area contributed by atoms with Crippen LogP contribution in [0.5, 0.6) is 11.5 Å². The van der Waals surface area contributed by atoms with Crippen LogP contribution in [-0.2, 0) is 6.54 Å². The molecule has 0 bridgehead atoms. The highest BCUT2D eigenvalue weighted by Crippen LogP contribution is 2.29. The number of anilines is 2. The van der Waals surface area contributed by atoms with Crippen LogP contribution in [0.2, 0.25) is 0 Å². The van der Waals surface area contributed by atoms with Gasteiger partial charge >= 0.3 is 0 Å². The number of nitrogens with zero attached hydrogens (tertiary/aromatic N) is 4. The van der Waals surface area contributed by atoms with E-state index in [9.17, 15) is 4.79 Å². The lowest BCUT2D eigenvalue weighted by atomic mass is 10.2. The van der Waals surface area contributed by atoms with E-state index in [1.54, 1.807) is 18.9 Å². The number of benzene rings is 3. The van der Waals surface area contributed by atoms with Crippen molar-refractivity contribution >= 4 is 17.4 Å². The fraction of sp³-hybridized carbons (Fsp3) is 0.241. The summed E-state index contributed by atoms with van der Waals surface area (Å²) in [6.07, 6.45) is 0. The number of methoxy groups -OCH3 is 2. The fourth-order valence-corrected chi connectivity index (χ4v) is 4.48. The summed E-state index contributed by atoms with van der Waals surface area (Å²) in [5.74, 6) is 2.12. The molecular weight excluding hydrogens is 466 g/mol. The molecular formula is C29H31N5O3. The number of carbonyl (C=O) groups is 1. The third kappa shape index (κ3) is 5.53. The molecule has 0 atom stereocenters. The van der Waals surface area contributed by atoms with Crippen LogP contribution in [0, 0.1) is 0 Å². The molecule has 1 aliphatic rings. The average Bonchev–Trinajstić information content (AvgIpc) is 3.41. The Bertz CT molecular complexity index is 1310. The topological polar surface area (TPSA) is 71.9 Å². The van der Waals surface area contributed by atoms with Crippen LogP contribution in [0.3, 0.4) is 0 Å². The minimum atomic E-state index is -0.0352. The Hall–Kier alpha value is -4.46. The summed E-state index contributed by atoms with van der Waals surface area (Å²) in [5, 5.41) is 8.10. The van der Waals surface area contributed by atoms with Crippen molar-refractivity contribution in [3.05, 3.63) is 96.2 Å². The van der Waals surface area contributed by atoms with Crippen LogP contribution in [-0.4, -0.2) is 61.0 Å². The van der Waals surface area contributed by atoms with E-state index in [-0.39, 0.29) is 5.91 Å². The lowest BCUT2D eigenvalue weighted by Crippen LogP contribution is -2.49. The summed E-state index contributed by atoms with van der Waals surface area (Å²) in [6, 6.07) is 27.6. The van der Waals surface area contributed by atoms with E-state index in [0.717, 1.165) is 28.4 Å². The van der Waals surface area contributed by atoms with Crippen molar-refractivity contribution < 1.29 is 14.3 Å². The van der Waals surface area contributed by atoms with Gasteiger partial charge in [0.2, 0.25) is 0 Å². The zero-order chi connectivity index (χ0) is 25.6. The molecule has 3 aromatic carbocycles. The number of ether oxygens (including phenoxy) is 2. The first-order valence-corrected chi connectivity index (χ1v) is 12.3. The van der Waals surface area contributed by atoms with E-state index in [1.165, 1.54) is 0 Å². The predicted octanol–water partition coefficient (Wildman–Crippen LogP) is 4.46. The Morgan fingerprint density at radius 1 is 0.811 bits per heavy atom. The minimum Gasteiger partial charge on any atom is -0.497 e. The highest BCUT2D eigenvalue weighted by molar-refractivity contribution is 5.94. The van der Waals surface area contributed by atoms with E-state index < -0.39 is 0 Å². The third-order valence-corrected chi connectivity index (χ3v) is 6.51. The summed E-state index contributed by atoms with van der Waals surface area (Å²) in [4.78, 5) is 17.8. The van der Waals surface area contributed by atoms with Gasteiger partial charge in [-0.05, 0) is 17.7 Å². The number of hydrogen-bond acceptors (Lipinski definition) is 6. The summed E-state index contributed by atoms with van der Waals surface area (Å²) in [7, 11) is 3.29. The predicted molar refractivity (Wildman–Crippen MR) is 145 cm³/mol. The number of nitrogens with one attached hydrogen (secondary N) is 1. The monoisotopic (exact) mass is 497 g/mol. The molecule has 0 radical (unpaired) electrons. The normalized spacial score (nSPS) is 13.4. The summed E-state index contributed by atoms with van der Waals surface area (Å²) in [6.45, 7) is 3.25. The first-order chi connectivity index (χ1) is 18.1. The Kier molecular flexibility index (Phi) is 7.26. The molecule has 1 saturated heterocycles. The van der Waals surface area contributed by atoms with Gasteiger partial charge in [0.1, 0.15) is 23.0 Å². The van der Waals surface area contributed by atoms with Gasteiger partial charge in [-0.15, -0.1) is 5.10 Å². The van der Waals surface area contributed by atoms with Gasteiger partial charge in [0.25, 0.3) is 5.91 Å². The van der Waals surface area contributed by atoms with Crippen LogP contribution in [0.15, 0.2) is 84.9 Å². The summed E-state index contributed by atoms with van der Waals surface area (Å²) in [5.41, 5.74) is 3.55. The lowest BCUT2D eigenvalue weighted by Gasteiger charge is -2.36. The van der Waals surface area contributed by atoms with E-state index in [4.69, 9.17) is 14.6 Å². The molecule has 1 aromatic heterocycles. The van der Waals surface area contributed by atoms with E-state index in [0.29, 0.717) is 44.2 Å². The number of rotatable bonds is 8. The zero-order valence-electron chi connectivity index (χ0n) is 21.1. The van der Waals surface area contributed by atoms with Crippen molar-refractivity contribution in [2.75, 3.05) is 50.6 Å². The second kappa shape index (κ2) is 11.1. The second-order valence-electron chi connectivity index (χ2n) is 8.85. The molecule has 0 spiro atoms. The highest BCUT2D eigenvalue weighted by atomic mass is 16.5. The Morgan fingerprint density at radius 3 is 2.05 bits per heavy atom. The molecule has 37 heavy (non-hydrogen) atoms. The van der Waals surface area contributed by atoms with Crippen molar-refractivity contribution in [2.45, 2.75) is 6.54 Å². The Labute approximate surface area is 217 Å². The number of amides is 1. The Balaban J connectivity index is 1.33. The first-order valence-electron chi connectivity index (χ1n) is 12.3. The number of aromatic nitrogens is 2. The largest absolute Gasteiger partial charge is 0.497 e. The molecule has 5 rings (SSSR count). The lowest BCUT2D eigenvalue weighted by molar-refractivity contribution is 0.0737. The summed E-state index contributed by atoms with van der Waals surface area (Å²) >= 11 is 0. The maximum atomic E-state index is 13.7. The van der Waals surface area contributed by atoms with Gasteiger partial charge in [0.05, 0.1) is 19.9 Å². The molecule has 1 fully saturated rings. The molecule has 8 nitrogen and oxygen atoms in total. The molecule has 0 aliphatic carbocycles. The average molecular weight is 498 g/mol.